The SMILES string of the molecule is Br.Br.Clc1ccc2c(N[C@@H]3CCNC3)ccnc2c1. The van der Waals surface area contributed by atoms with E-state index in [4.69, 9.17) is 11.6 Å². The largest absolute Gasteiger partial charge is 0.380 e. The number of hydrogen-bond acceptors (Lipinski definition) is 3. The number of nitrogens with zero attached hydrogens (tertiary/aromatic N) is 1. The van der Waals surface area contributed by atoms with Crippen molar-refractivity contribution in [1.29, 1.82) is 0 Å². The zero-order valence-corrected chi connectivity index (χ0v) is 14.4. The summed E-state index contributed by atoms with van der Waals surface area (Å²) in [7, 11) is 0. The van der Waals surface area contributed by atoms with E-state index in [-0.39, 0.29) is 34.0 Å². The summed E-state index contributed by atoms with van der Waals surface area (Å²) in [6.45, 7) is 2.11. The van der Waals surface area contributed by atoms with Gasteiger partial charge in [-0.05, 0) is 37.2 Å². The topological polar surface area (TPSA) is 37.0 Å². The normalized spacial score (nSPS) is 17.6. The highest BCUT2D eigenvalue weighted by atomic mass is 79.9. The number of nitrogens with one attached hydrogen (secondary N) is 2. The van der Waals surface area contributed by atoms with Crippen LogP contribution in [0.5, 0.6) is 0 Å². The maximum Gasteiger partial charge on any atom is 0.0737 e. The molecule has 2 N–H and O–H groups in total. The van der Waals surface area contributed by atoms with Crippen LogP contribution in [-0.4, -0.2) is 24.1 Å². The quantitative estimate of drug-likeness (QED) is 0.792. The summed E-state index contributed by atoms with van der Waals surface area (Å²) in [6, 6.07) is 8.36. The molecule has 0 saturated carbocycles. The van der Waals surface area contributed by atoms with E-state index >= 15 is 0 Å². The van der Waals surface area contributed by atoms with Crippen molar-refractivity contribution in [2.45, 2.75) is 12.5 Å². The predicted molar refractivity (Wildman–Crippen MR) is 92.3 cm³/mol. The van der Waals surface area contributed by atoms with Gasteiger partial charge in [-0.25, -0.2) is 0 Å². The molecule has 3 nitrogen and oxygen atoms in total. The lowest BCUT2D eigenvalue weighted by Crippen LogP contribution is -2.22. The van der Waals surface area contributed by atoms with Crippen molar-refractivity contribution in [2.75, 3.05) is 18.4 Å². The van der Waals surface area contributed by atoms with E-state index in [1.807, 2.05) is 30.5 Å². The molecule has 1 atom stereocenters. The molecule has 1 aliphatic heterocycles. The van der Waals surface area contributed by atoms with Crippen LogP contribution in [-0.2, 0) is 0 Å². The first kappa shape index (κ1) is 16.7. The van der Waals surface area contributed by atoms with Crippen molar-refractivity contribution < 1.29 is 0 Å². The van der Waals surface area contributed by atoms with Crippen LogP contribution in [0.4, 0.5) is 5.69 Å². The summed E-state index contributed by atoms with van der Waals surface area (Å²) in [5.41, 5.74) is 2.08. The Hall–Kier alpha value is -0.360. The number of aromatic nitrogens is 1. The molecule has 1 aliphatic rings. The van der Waals surface area contributed by atoms with Gasteiger partial charge in [-0.15, -0.1) is 34.0 Å². The maximum atomic E-state index is 5.97. The second-order valence-electron chi connectivity index (χ2n) is 4.35. The molecular weight excluding hydrogens is 393 g/mol. The molecule has 19 heavy (non-hydrogen) atoms. The van der Waals surface area contributed by atoms with E-state index in [1.54, 1.807) is 0 Å². The van der Waals surface area contributed by atoms with Crippen molar-refractivity contribution >= 4 is 62.2 Å². The molecule has 1 fully saturated rings. The van der Waals surface area contributed by atoms with Crippen LogP contribution in [0.1, 0.15) is 6.42 Å². The Morgan fingerprint density at radius 2 is 2.11 bits per heavy atom. The van der Waals surface area contributed by atoms with Crippen LogP contribution in [0.2, 0.25) is 5.02 Å². The second kappa shape index (κ2) is 7.43. The lowest BCUT2D eigenvalue weighted by molar-refractivity contribution is 0.794. The predicted octanol–water partition coefficient (Wildman–Crippen LogP) is 3.82. The summed E-state index contributed by atoms with van der Waals surface area (Å²) in [5, 5.41) is 8.76. The molecule has 0 amide bonds. The number of rotatable bonds is 2. The van der Waals surface area contributed by atoms with Gasteiger partial charge in [0.1, 0.15) is 0 Å². The first-order valence-corrected chi connectivity index (χ1v) is 6.22. The minimum absolute atomic E-state index is 0. The standard InChI is InChI=1S/C13H14ClN3.2BrH/c14-9-1-2-11-12(4-6-16-13(11)7-9)17-10-3-5-15-8-10;;/h1-2,4,6-7,10,15H,3,5,8H2,(H,16,17);2*1H/t10-;;/m1../s1. The highest BCUT2D eigenvalue weighted by Gasteiger charge is 2.14. The van der Waals surface area contributed by atoms with E-state index in [0.717, 1.165) is 41.1 Å². The molecule has 1 aromatic heterocycles. The van der Waals surface area contributed by atoms with Crippen LogP contribution in [0.25, 0.3) is 10.9 Å². The molecule has 0 aliphatic carbocycles. The molecule has 2 aromatic rings. The first-order valence-electron chi connectivity index (χ1n) is 5.84. The molecular formula is C13H16Br2ClN3. The summed E-state index contributed by atoms with van der Waals surface area (Å²) < 4.78 is 0. The van der Waals surface area contributed by atoms with Gasteiger partial charge in [-0.3, -0.25) is 4.98 Å². The molecule has 1 aromatic carbocycles. The Bertz CT molecular complexity index is 544. The first-order chi connectivity index (χ1) is 8.33. The zero-order valence-electron chi connectivity index (χ0n) is 10.2. The van der Waals surface area contributed by atoms with Crippen LogP contribution < -0.4 is 10.6 Å². The third-order valence-corrected chi connectivity index (χ3v) is 3.36. The van der Waals surface area contributed by atoms with Crippen molar-refractivity contribution in [3.63, 3.8) is 0 Å². The van der Waals surface area contributed by atoms with E-state index in [0.29, 0.717) is 6.04 Å². The Morgan fingerprint density at radius 3 is 2.84 bits per heavy atom. The second-order valence-corrected chi connectivity index (χ2v) is 4.79. The van der Waals surface area contributed by atoms with E-state index in [9.17, 15) is 0 Å². The number of hydrogen-bond donors (Lipinski definition) is 2. The van der Waals surface area contributed by atoms with Crippen LogP contribution >= 0.6 is 45.6 Å². The Balaban J connectivity index is 0.000000902. The highest BCUT2D eigenvalue weighted by Crippen LogP contribution is 2.25. The van der Waals surface area contributed by atoms with Gasteiger partial charge in [0.2, 0.25) is 0 Å². The van der Waals surface area contributed by atoms with Crippen LogP contribution in [0.3, 0.4) is 0 Å². The summed E-state index contributed by atoms with van der Waals surface area (Å²) in [4.78, 5) is 4.34. The summed E-state index contributed by atoms with van der Waals surface area (Å²) in [5.74, 6) is 0. The van der Waals surface area contributed by atoms with Gasteiger partial charge in [-0.2, -0.15) is 0 Å². The number of benzene rings is 1. The highest BCUT2D eigenvalue weighted by molar-refractivity contribution is 8.93. The number of fused-ring (bicyclic) bond motifs is 1. The van der Waals surface area contributed by atoms with Gasteiger partial charge >= 0.3 is 0 Å². The van der Waals surface area contributed by atoms with Crippen molar-refractivity contribution in [1.82, 2.24) is 10.3 Å². The summed E-state index contributed by atoms with van der Waals surface area (Å²) in [6.07, 6.45) is 2.99. The van der Waals surface area contributed by atoms with Crippen molar-refractivity contribution in [2.24, 2.45) is 0 Å². The Morgan fingerprint density at radius 1 is 1.26 bits per heavy atom. The average molecular weight is 410 g/mol. The average Bonchev–Trinajstić information content (AvgIpc) is 2.82. The van der Waals surface area contributed by atoms with Crippen molar-refractivity contribution in [3.8, 4) is 0 Å². The van der Waals surface area contributed by atoms with Gasteiger partial charge in [-0.1, -0.05) is 11.6 Å². The van der Waals surface area contributed by atoms with Gasteiger partial charge in [0.15, 0.2) is 0 Å². The lowest BCUT2D eigenvalue weighted by Gasteiger charge is -2.14. The minimum Gasteiger partial charge on any atom is -0.380 e. The number of anilines is 1. The maximum absolute atomic E-state index is 5.97. The molecule has 6 heteroatoms. The third-order valence-electron chi connectivity index (χ3n) is 3.12. The third kappa shape index (κ3) is 3.81. The molecule has 0 bridgehead atoms. The van der Waals surface area contributed by atoms with Crippen LogP contribution in [0.15, 0.2) is 30.5 Å². The number of halogens is 3. The molecule has 1 saturated heterocycles. The molecule has 3 rings (SSSR count). The fourth-order valence-corrected chi connectivity index (χ4v) is 2.41. The zero-order chi connectivity index (χ0) is 11.7. The molecule has 2 heterocycles. The number of pyridine rings is 1. The Labute approximate surface area is 138 Å². The molecule has 0 spiro atoms. The van der Waals surface area contributed by atoms with Gasteiger partial charge in [0.25, 0.3) is 0 Å². The summed E-state index contributed by atoms with van der Waals surface area (Å²) >= 11 is 5.97. The minimum atomic E-state index is 0. The molecule has 0 radical (unpaired) electrons. The van der Waals surface area contributed by atoms with Gasteiger partial charge < -0.3 is 10.6 Å². The van der Waals surface area contributed by atoms with Crippen molar-refractivity contribution in [3.05, 3.63) is 35.5 Å². The lowest BCUT2D eigenvalue weighted by atomic mass is 10.1. The molecule has 104 valence electrons. The smallest absolute Gasteiger partial charge is 0.0737 e. The fourth-order valence-electron chi connectivity index (χ4n) is 2.24. The Kier molecular flexibility index (Phi) is 6.53. The van der Waals surface area contributed by atoms with E-state index in [2.05, 4.69) is 15.6 Å². The van der Waals surface area contributed by atoms with E-state index in [1.165, 1.54) is 0 Å². The van der Waals surface area contributed by atoms with Gasteiger partial charge in [0.05, 0.1) is 5.52 Å². The van der Waals surface area contributed by atoms with Crippen LogP contribution in [0, 0.1) is 0 Å². The monoisotopic (exact) mass is 407 g/mol. The van der Waals surface area contributed by atoms with Gasteiger partial charge in [0, 0.05) is 34.9 Å². The fraction of sp³-hybridized carbons (Fsp3) is 0.308. The molecule has 0 unspecified atom stereocenters. The van der Waals surface area contributed by atoms with E-state index < -0.39 is 0 Å².